The van der Waals surface area contributed by atoms with Gasteiger partial charge in [-0.15, -0.1) is 0 Å². The van der Waals surface area contributed by atoms with E-state index in [0.717, 1.165) is 44.1 Å². The molecule has 0 radical (unpaired) electrons. The number of nitrogens with zero attached hydrogens (tertiary/aromatic N) is 5. The summed E-state index contributed by atoms with van der Waals surface area (Å²) in [5.41, 5.74) is 1.03. The number of aryl methyl sites for hydroxylation is 1. The van der Waals surface area contributed by atoms with Gasteiger partial charge in [0.1, 0.15) is 24.1 Å². The first-order chi connectivity index (χ1) is 18.1. The van der Waals surface area contributed by atoms with E-state index in [0.29, 0.717) is 41.2 Å². The Balaban J connectivity index is 1.68. The van der Waals surface area contributed by atoms with Crippen molar-refractivity contribution in [3.8, 4) is 5.88 Å². The molecule has 0 bridgehead atoms. The Morgan fingerprint density at radius 1 is 1.13 bits per heavy atom. The quantitative estimate of drug-likeness (QED) is 0.369. The molecule has 1 aliphatic heterocycles. The molecule has 206 valence electrons. The van der Waals surface area contributed by atoms with Crippen molar-refractivity contribution in [1.29, 1.82) is 0 Å². The number of anilines is 1. The third-order valence-corrected chi connectivity index (χ3v) is 7.06. The van der Waals surface area contributed by atoms with Crippen LogP contribution in [0.25, 0.3) is 11.0 Å². The molecule has 0 unspecified atom stereocenters. The van der Waals surface area contributed by atoms with E-state index in [1.165, 1.54) is 12.1 Å². The van der Waals surface area contributed by atoms with Crippen LogP contribution in [0.15, 0.2) is 24.3 Å². The maximum absolute atomic E-state index is 14.7. The Morgan fingerprint density at radius 3 is 2.53 bits per heavy atom. The first-order valence-corrected chi connectivity index (χ1v) is 13.1. The maximum Gasteiger partial charge on any atom is 0.266 e. The lowest BCUT2D eigenvalue weighted by atomic mass is 9.89. The van der Waals surface area contributed by atoms with Crippen LogP contribution in [-0.4, -0.2) is 71.1 Å². The molecule has 2 aromatic heterocycles. The lowest BCUT2D eigenvalue weighted by molar-refractivity contribution is 0.146. The number of hydrogen-bond acceptors (Lipinski definition) is 7. The number of likely N-dealkylation sites (tertiary alicyclic amines) is 1. The zero-order valence-corrected chi connectivity index (χ0v) is 22.8. The van der Waals surface area contributed by atoms with Gasteiger partial charge >= 0.3 is 0 Å². The number of piperidine rings is 1. The van der Waals surface area contributed by atoms with E-state index in [-0.39, 0.29) is 18.0 Å². The molecule has 3 heterocycles. The average Bonchev–Trinajstić information content (AvgIpc) is 2.87. The molecule has 0 saturated carbocycles. The number of nitrogens with one attached hydrogen (secondary N) is 1. The molecule has 0 spiro atoms. The number of hydrogen-bond donors (Lipinski definition) is 1. The maximum atomic E-state index is 14.7. The molecular formula is C28H37F3N6O. The number of ether oxygens (including phenoxy) is 1. The number of benzene rings is 1. The molecule has 0 amide bonds. The van der Waals surface area contributed by atoms with Crippen molar-refractivity contribution < 1.29 is 17.9 Å². The molecule has 1 N–H and O–H groups in total. The molecule has 10 heteroatoms. The van der Waals surface area contributed by atoms with Crippen LogP contribution in [0.5, 0.6) is 5.88 Å². The summed E-state index contributed by atoms with van der Waals surface area (Å²) in [6.07, 6.45) is -0.913. The highest BCUT2D eigenvalue weighted by Gasteiger charge is 2.26. The predicted octanol–water partition coefficient (Wildman–Crippen LogP) is 5.55. The summed E-state index contributed by atoms with van der Waals surface area (Å²) in [4.78, 5) is 18.4. The fourth-order valence-corrected chi connectivity index (χ4v) is 4.84. The van der Waals surface area contributed by atoms with Crippen LogP contribution in [0.4, 0.5) is 19.0 Å². The second-order valence-electron chi connectivity index (χ2n) is 10.4. The van der Waals surface area contributed by atoms with E-state index in [4.69, 9.17) is 9.72 Å². The fourth-order valence-electron chi connectivity index (χ4n) is 4.84. The lowest BCUT2D eigenvalue weighted by Crippen LogP contribution is -2.38. The highest BCUT2D eigenvalue weighted by Crippen LogP contribution is 2.37. The van der Waals surface area contributed by atoms with E-state index < -0.39 is 17.8 Å². The van der Waals surface area contributed by atoms with Gasteiger partial charge < -0.3 is 19.9 Å². The van der Waals surface area contributed by atoms with Crippen molar-refractivity contribution in [2.24, 2.45) is 0 Å². The van der Waals surface area contributed by atoms with Crippen LogP contribution in [0.2, 0.25) is 0 Å². The van der Waals surface area contributed by atoms with Crippen LogP contribution in [0.3, 0.4) is 0 Å². The Hall–Kier alpha value is -2.98. The van der Waals surface area contributed by atoms with E-state index in [9.17, 15) is 13.2 Å². The molecule has 3 aromatic rings. The van der Waals surface area contributed by atoms with Crippen LogP contribution >= 0.6 is 0 Å². The van der Waals surface area contributed by atoms with Crippen LogP contribution < -0.4 is 10.1 Å². The van der Waals surface area contributed by atoms with Gasteiger partial charge in [0.25, 0.3) is 6.43 Å². The summed E-state index contributed by atoms with van der Waals surface area (Å²) >= 11 is 0. The first-order valence-electron chi connectivity index (χ1n) is 13.1. The summed E-state index contributed by atoms with van der Waals surface area (Å²) in [6.45, 7) is 9.42. The number of aromatic nitrogens is 3. The van der Waals surface area contributed by atoms with E-state index in [2.05, 4.69) is 38.9 Å². The molecule has 7 nitrogen and oxygen atoms in total. The largest absolute Gasteiger partial charge is 0.476 e. The second kappa shape index (κ2) is 12.3. The minimum Gasteiger partial charge on any atom is -0.476 e. The van der Waals surface area contributed by atoms with Crippen molar-refractivity contribution in [3.63, 3.8) is 0 Å². The number of fused-ring (bicyclic) bond motifs is 1. The summed E-state index contributed by atoms with van der Waals surface area (Å²) in [7, 11) is 3.99. The van der Waals surface area contributed by atoms with Gasteiger partial charge in [-0.05, 0) is 72.8 Å². The first kappa shape index (κ1) is 28.0. The van der Waals surface area contributed by atoms with Gasteiger partial charge in [0.2, 0.25) is 5.88 Å². The molecule has 1 aliphatic rings. The highest BCUT2D eigenvalue weighted by molar-refractivity contribution is 5.87. The highest BCUT2D eigenvalue weighted by atomic mass is 19.3. The molecule has 0 aliphatic carbocycles. The zero-order chi connectivity index (χ0) is 27.4. The van der Waals surface area contributed by atoms with Gasteiger partial charge in [-0.1, -0.05) is 18.2 Å². The summed E-state index contributed by atoms with van der Waals surface area (Å²) in [5.74, 6) is 0.930. The normalized spacial score (nSPS) is 15.2. The van der Waals surface area contributed by atoms with Gasteiger partial charge in [-0.2, -0.15) is 4.98 Å². The summed E-state index contributed by atoms with van der Waals surface area (Å²) in [6, 6.07) is 6.57. The fraction of sp³-hybridized carbons (Fsp3) is 0.536. The Kier molecular flexibility index (Phi) is 9.04. The molecule has 0 atom stereocenters. The summed E-state index contributed by atoms with van der Waals surface area (Å²) in [5, 5.41) is 3.85. The smallest absolute Gasteiger partial charge is 0.266 e. The number of halogens is 3. The average molecular weight is 531 g/mol. The topological polar surface area (TPSA) is 66.4 Å². The van der Waals surface area contributed by atoms with Crippen molar-refractivity contribution in [2.75, 3.05) is 45.7 Å². The van der Waals surface area contributed by atoms with Crippen molar-refractivity contribution in [1.82, 2.24) is 24.8 Å². The van der Waals surface area contributed by atoms with Crippen molar-refractivity contribution in [2.45, 2.75) is 58.5 Å². The van der Waals surface area contributed by atoms with E-state index in [1.54, 1.807) is 6.92 Å². The predicted molar refractivity (Wildman–Crippen MR) is 143 cm³/mol. The molecule has 1 saturated heterocycles. The molecule has 1 aromatic carbocycles. The third-order valence-electron chi connectivity index (χ3n) is 7.06. The Bertz CT molecular complexity index is 1240. The standard InChI is InChI=1S/C28H37F3N6O/c1-17(2)37-11-9-19(10-12-37)22-15-23-26(32-16-20-7-6-8-21(24(20)29)25(30)31)33-18(3)34-27(23)35-28(22)38-14-13-36(4)5/h6-8,15,17,19,25H,9-14,16H2,1-5H3,(H,32,33,34,35). The minimum atomic E-state index is -2.88. The van der Waals surface area contributed by atoms with E-state index >= 15 is 0 Å². The molecule has 4 rings (SSSR count). The van der Waals surface area contributed by atoms with Crippen molar-refractivity contribution >= 4 is 16.9 Å². The van der Waals surface area contributed by atoms with Crippen LogP contribution in [-0.2, 0) is 6.54 Å². The number of alkyl halides is 2. The van der Waals surface area contributed by atoms with Gasteiger partial charge in [0.15, 0.2) is 5.65 Å². The number of pyridine rings is 1. The van der Waals surface area contributed by atoms with Crippen LogP contribution in [0.1, 0.15) is 61.5 Å². The SMILES string of the molecule is Cc1nc(NCc2cccc(C(F)F)c2F)c2cc(C3CCN(C(C)C)CC3)c(OCCN(C)C)nc2n1. The number of rotatable bonds is 10. The molecular weight excluding hydrogens is 493 g/mol. The van der Waals surface area contributed by atoms with Gasteiger partial charge in [0, 0.05) is 30.3 Å². The monoisotopic (exact) mass is 530 g/mol. The Morgan fingerprint density at radius 2 is 1.87 bits per heavy atom. The zero-order valence-electron chi connectivity index (χ0n) is 22.8. The van der Waals surface area contributed by atoms with Crippen LogP contribution in [0, 0.1) is 12.7 Å². The minimum absolute atomic E-state index is 0.00113. The lowest BCUT2D eigenvalue weighted by Gasteiger charge is -2.35. The third kappa shape index (κ3) is 6.53. The van der Waals surface area contributed by atoms with Gasteiger partial charge in [0.05, 0.1) is 10.9 Å². The van der Waals surface area contributed by atoms with Crippen molar-refractivity contribution in [3.05, 3.63) is 52.6 Å². The van der Waals surface area contributed by atoms with Gasteiger partial charge in [-0.25, -0.2) is 23.1 Å². The Labute approximate surface area is 222 Å². The summed E-state index contributed by atoms with van der Waals surface area (Å²) < 4.78 is 47.2. The second-order valence-corrected chi connectivity index (χ2v) is 10.4. The molecule has 1 fully saturated rings. The molecule has 38 heavy (non-hydrogen) atoms. The van der Waals surface area contributed by atoms with E-state index in [1.807, 2.05) is 20.2 Å². The van der Waals surface area contributed by atoms with Gasteiger partial charge in [-0.3, -0.25) is 0 Å². The number of likely N-dealkylation sites (N-methyl/N-ethyl adjacent to an activating group) is 1.